The van der Waals surface area contributed by atoms with Gasteiger partial charge < -0.3 is 9.90 Å². The highest BCUT2D eigenvalue weighted by Crippen LogP contribution is 2.28. The summed E-state index contributed by atoms with van der Waals surface area (Å²) in [7, 11) is 0. The van der Waals surface area contributed by atoms with Gasteiger partial charge >= 0.3 is 0 Å². The summed E-state index contributed by atoms with van der Waals surface area (Å²) >= 11 is 11.6. The van der Waals surface area contributed by atoms with Gasteiger partial charge in [-0.25, -0.2) is 4.39 Å². The first-order chi connectivity index (χ1) is 10.4. The zero-order valence-electron chi connectivity index (χ0n) is 11.0. The van der Waals surface area contributed by atoms with Gasteiger partial charge in [-0.3, -0.25) is 4.79 Å². The van der Waals surface area contributed by atoms with Gasteiger partial charge in [0, 0.05) is 0 Å². The Morgan fingerprint density at radius 2 is 1.68 bits per heavy atom. The number of ketones is 1. The summed E-state index contributed by atoms with van der Waals surface area (Å²) in [5, 5.41) is 10.3. The number of benzene rings is 2. The van der Waals surface area contributed by atoms with Crippen molar-refractivity contribution < 1.29 is 19.1 Å². The topological polar surface area (TPSA) is 57.2 Å². The minimum atomic E-state index is -1.29. The molecule has 2 aromatic rings. The van der Waals surface area contributed by atoms with Crippen molar-refractivity contribution in [3.05, 3.63) is 75.0 Å². The fourth-order valence-electron chi connectivity index (χ4n) is 1.74. The van der Waals surface area contributed by atoms with Crippen molar-refractivity contribution in [1.29, 1.82) is 0 Å². The van der Waals surface area contributed by atoms with Crippen LogP contribution in [0.5, 0.6) is 0 Å². The maximum atomic E-state index is 13.4. The Bertz CT molecular complexity index is 768. The molecule has 0 radical (unpaired) electrons. The Labute approximate surface area is 135 Å². The maximum absolute atomic E-state index is 13.4. The molecule has 0 spiro atoms. The molecule has 0 aromatic heterocycles. The van der Waals surface area contributed by atoms with Gasteiger partial charge in [-0.1, -0.05) is 53.5 Å². The van der Waals surface area contributed by atoms with E-state index in [9.17, 15) is 19.1 Å². The third-order valence-electron chi connectivity index (χ3n) is 2.86. The fourth-order valence-corrected chi connectivity index (χ4v) is 2.30. The highest BCUT2D eigenvalue weighted by atomic mass is 35.5. The molecule has 2 rings (SSSR count). The molecule has 0 aliphatic rings. The Hall–Kier alpha value is -2.17. The maximum Gasteiger partial charge on any atom is 0.188 e. The number of rotatable bonds is 4. The lowest BCUT2D eigenvalue weighted by molar-refractivity contribution is -0.255. The number of carboxylic acids is 1. The van der Waals surface area contributed by atoms with E-state index >= 15 is 0 Å². The standard InChI is InChI=1S/C16H9Cl2FO3/c17-11-6-7-12(19)15(18)14(11)13(20)8-3-9-1-4-10(5-2-9)16(21)22/h1-8H,(H,21,22)/p-1/b8-3+. The van der Waals surface area contributed by atoms with Crippen LogP contribution < -0.4 is 5.11 Å². The molecule has 0 aliphatic heterocycles. The molecule has 0 bridgehead atoms. The molecular weight excluding hydrogens is 330 g/mol. The number of aromatic carboxylic acids is 1. The van der Waals surface area contributed by atoms with Crippen LogP contribution in [0.3, 0.4) is 0 Å². The van der Waals surface area contributed by atoms with E-state index in [2.05, 4.69) is 0 Å². The molecule has 0 aliphatic carbocycles. The van der Waals surface area contributed by atoms with Crippen molar-refractivity contribution in [2.45, 2.75) is 0 Å². The molecule has 0 amide bonds. The molecule has 6 heteroatoms. The average molecular weight is 338 g/mol. The molecule has 0 unspecified atom stereocenters. The summed E-state index contributed by atoms with van der Waals surface area (Å²) < 4.78 is 13.4. The van der Waals surface area contributed by atoms with Crippen LogP contribution in [0, 0.1) is 5.82 Å². The molecule has 22 heavy (non-hydrogen) atoms. The second kappa shape index (κ2) is 6.73. The quantitative estimate of drug-likeness (QED) is 0.488. The van der Waals surface area contributed by atoms with E-state index in [1.165, 1.54) is 42.5 Å². The monoisotopic (exact) mass is 337 g/mol. The third-order valence-corrected chi connectivity index (χ3v) is 3.55. The van der Waals surface area contributed by atoms with Crippen molar-refractivity contribution >= 4 is 41.0 Å². The first kappa shape index (κ1) is 16.2. The molecular formula is C16H8Cl2FO3-. The van der Waals surface area contributed by atoms with Crippen molar-refractivity contribution in [2.75, 3.05) is 0 Å². The molecule has 112 valence electrons. The number of hydrogen-bond donors (Lipinski definition) is 0. The molecule has 3 nitrogen and oxygen atoms in total. The molecule has 0 saturated carbocycles. The van der Waals surface area contributed by atoms with Gasteiger partial charge in [-0.05, 0) is 29.3 Å². The van der Waals surface area contributed by atoms with Gasteiger partial charge in [0.1, 0.15) is 5.82 Å². The number of carboxylic acid groups (broad SMARTS) is 1. The minimum absolute atomic E-state index is 0.0275. The van der Waals surface area contributed by atoms with Gasteiger partial charge in [-0.2, -0.15) is 0 Å². The lowest BCUT2D eigenvalue weighted by Crippen LogP contribution is -2.21. The number of halogens is 3. The van der Waals surface area contributed by atoms with E-state index < -0.39 is 17.6 Å². The van der Waals surface area contributed by atoms with Crippen molar-refractivity contribution in [3.8, 4) is 0 Å². The van der Waals surface area contributed by atoms with Crippen molar-refractivity contribution in [2.24, 2.45) is 0 Å². The highest BCUT2D eigenvalue weighted by Gasteiger charge is 2.15. The Morgan fingerprint density at radius 3 is 2.27 bits per heavy atom. The largest absolute Gasteiger partial charge is 0.545 e. The number of hydrogen-bond acceptors (Lipinski definition) is 3. The molecule has 0 saturated heterocycles. The van der Waals surface area contributed by atoms with Crippen LogP contribution in [0.25, 0.3) is 6.08 Å². The molecule has 2 aromatic carbocycles. The van der Waals surface area contributed by atoms with Gasteiger partial charge in [0.05, 0.1) is 21.6 Å². The second-order valence-electron chi connectivity index (χ2n) is 4.33. The van der Waals surface area contributed by atoms with Crippen LogP contribution in [0.2, 0.25) is 10.0 Å². The molecule has 0 atom stereocenters. The zero-order valence-corrected chi connectivity index (χ0v) is 12.5. The normalized spacial score (nSPS) is 10.9. The van der Waals surface area contributed by atoms with Crippen molar-refractivity contribution in [3.63, 3.8) is 0 Å². The number of carbonyl (C=O) groups is 2. The Kier molecular flexibility index (Phi) is 4.96. The van der Waals surface area contributed by atoms with Crippen LogP contribution in [0.1, 0.15) is 26.3 Å². The fraction of sp³-hybridized carbons (Fsp3) is 0. The summed E-state index contributed by atoms with van der Waals surface area (Å²) in [5.41, 5.74) is 0.493. The van der Waals surface area contributed by atoms with E-state index in [0.29, 0.717) is 5.56 Å². The third kappa shape index (κ3) is 3.53. The second-order valence-corrected chi connectivity index (χ2v) is 5.11. The van der Waals surface area contributed by atoms with Crippen LogP contribution in [-0.2, 0) is 0 Å². The van der Waals surface area contributed by atoms with Gasteiger partial charge in [0.25, 0.3) is 0 Å². The van der Waals surface area contributed by atoms with Crippen LogP contribution >= 0.6 is 23.2 Å². The highest BCUT2D eigenvalue weighted by molar-refractivity contribution is 6.40. The lowest BCUT2D eigenvalue weighted by Gasteiger charge is -2.04. The van der Waals surface area contributed by atoms with Crippen LogP contribution in [0.4, 0.5) is 4.39 Å². The Morgan fingerprint density at radius 1 is 1.05 bits per heavy atom. The van der Waals surface area contributed by atoms with E-state index in [0.717, 1.165) is 6.07 Å². The van der Waals surface area contributed by atoms with Crippen LogP contribution in [-0.4, -0.2) is 11.8 Å². The number of allylic oxidation sites excluding steroid dienone is 1. The van der Waals surface area contributed by atoms with E-state index in [1.807, 2.05) is 0 Å². The van der Waals surface area contributed by atoms with Crippen molar-refractivity contribution in [1.82, 2.24) is 0 Å². The minimum Gasteiger partial charge on any atom is -0.545 e. The SMILES string of the molecule is O=C([O-])c1ccc(/C=C/C(=O)c2c(Cl)ccc(F)c2Cl)cc1. The van der Waals surface area contributed by atoms with Crippen LogP contribution in [0.15, 0.2) is 42.5 Å². The summed E-state index contributed by atoms with van der Waals surface area (Å²) in [6, 6.07) is 8.03. The zero-order chi connectivity index (χ0) is 16.3. The van der Waals surface area contributed by atoms with E-state index in [1.54, 1.807) is 0 Å². The molecule has 0 N–H and O–H groups in total. The first-order valence-electron chi connectivity index (χ1n) is 6.07. The summed E-state index contributed by atoms with van der Waals surface area (Å²) in [6.45, 7) is 0. The summed E-state index contributed by atoms with van der Waals surface area (Å²) in [5.74, 6) is -2.58. The lowest BCUT2D eigenvalue weighted by atomic mass is 10.1. The predicted molar refractivity (Wildman–Crippen MR) is 80.6 cm³/mol. The number of carbonyl (C=O) groups excluding carboxylic acids is 2. The van der Waals surface area contributed by atoms with Gasteiger partial charge in [0.2, 0.25) is 0 Å². The van der Waals surface area contributed by atoms with E-state index in [-0.39, 0.29) is 21.2 Å². The van der Waals surface area contributed by atoms with Gasteiger partial charge in [-0.15, -0.1) is 0 Å². The average Bonchev–Trinajstić information content (AvgIpc) is 2.49. The Balaban J connectivity index is 2.25. The predicted octanol–water partition coefficient (Wildman–Crippen LogP) is 3.39. The van der Waals surface area contributed by atoms with E-state index in [4.69, 9.17) is 23.2 Å². The summed E-state index contributed by atoms with van der Waals surface area (Å²) in [6.07, 6.45) is 2.62. The molecule has 0 heterocycles. The molecule has 0 fully saturated rings. The summed E-state index contributed by atoms with van der Waals surface area (Å²) in [4.78, 5) is 22.7. The smallest absolute Gasteiger partial charge is 0.188 e. The first-order valence-corrected chi connectivity index (χ1v) is 6.83. The van der Waals surface area contributed by atoms with Gasteiger partial charge in [0.15, 0.2) is 5.78 Å².